The number of aliphatic hydroxyl groups is 1. The van der Waals surface area contributed by atoms with E-state index in [9.17, 15) is 0 Å². The van der Waals surface area contributed by atoms with Crippen molar-refractivity contribution in [1.82, 2.24) is 5.32 Å². The van der Waals surface area contributed by atoms with Crippen molar-refractivity contribution < 1.29 is 9.84 Å². The van der Waals surface area contributed by atoms with E-state index in [1.54, 1.807) is 0 Å². The lowest BCUT2D eigenvalue weighted by Crippen LogP contribution is -2.37. The molecule has 0 aliphatic rings. The van der Waals surface area contributed by atoms with E-state index in [2.05, 4.69) is 38.2 Å². The molecule has 18 heavy (non-hydrogen) atoms. The molecule has 0 aromatic heterocycles. The van der Waals surface area contributed by atoms with Gasteiger partial charge in [-0.25, -0.2) is 0 Å². The first-order chi connectivity index (χ1) is 8.58. The molecule has 0 heterocycles. The van der Waals surface area contributed by atoms with Crippen molar-refractivity contribution in [1.29, 1.82) is 0 Å². The molecule has 0 saturated heterocycles. The van der Waals surface area contributed by atoms with Gasteiger partial charge in [-0.3, -0.25) is 0 Å². The number of aliphatic hydroxyl groups excluding tert-OH is 1. The van der Waals surface area contributed by atoms with Crippen LogP contribution in [0.1, 0.15) is 37.8 Å². The van der Waals surface area contributed by atoms with Gasteiger partial charge in [0, 0.05) is 0 Å². The summed E-state index contributed by atoms with van der Waals surface area (Å²) in [6, 6.07) is 6.19. The highest BCUT2D eigenvalue weighted by molar-refractivity contribution is 5.36. The molecule has 3 heteroatoms. The van der Waals surface area contributed by atoms with E-state index < -0.39 is 0 Å². The molecule has 2 N–H and O–H groups in total. The van der Waals surface area contributed by atoms with Crippen LogP contribution < -0.4 is 10.1 Å². The third-order valence-corrected chi connectivity index (χ3v) is 3.03. The Labute approximate surface area is 110 Å². The van der Waals surface area contributed by atoms with Crippen molar-refractivity contribution in [3.63, 3.8) is 0 Å². The normalized spacial score (nSPS) is 12.8. The maximum Gasteiger partial charge on any atom is 0.119 e. The molecule has 1 aromatic rings. The number of rotatable bonds is 7. The number of nitrogens with one attached hydrogen (secondary N) is 1. The second-order valence-electron chi connectivity index (χ2n) is 4.92. The van der Waals surface area contributed by atoms with Gasteiger partial charge in [0.1, 0.15) is 12.4 Å². The van der Waals surface area contributed by atoms with E-state index in [1.165, 1.54) is 11.1 Å². The number of hydrogen-bond acceptors (Lipinski definition) is 3. The van der Waals surface area contributed by atoms with Crippen LogP contribution in [-0.2, 0) is 0 Å². The smallest absolute Gasteiger partial charge is 0.119 e. The van der Waals surface area contributed by atoms with Gasteiger partial charge in [-0.1, -0.05) is 26.8 Å². The molecule has 3 nitrogen and oxygen atoms in total. The second-order valence-corrected chi connectivity index (χ2v) is 4.92. The zero-order chi connectivity index (χ0) is 13.5. The fraction of sp³-hybridized carbons (Fsp3) is 0.600. The van der Waals surface area contributed by atoms with Crippen molar-refractivity contribution in [2.45, 2.75) is 39.7 Å². The zero-order valence-electron chi connectivity index (χ0n) is 11.9. The van der Waals surface area contributed by atoms with Crippen LogP contribution in [0.25, 0.3) is 0 Å². The summed E-state index contributed by atoms with van der Waals surface area (Å²) in [6.07, 6.45) is 0. The summed E-state index contributed by atoms with van der Waals surface area (Å²) >= 11 is 0. The third-order valence-electron chi connectivity index (χ3n) is 3.03. The van der Waals surface area contributed by atoms with Crippen LogP contribution >= 0.6 is 0 Å². The molecule has 102 valence electrons. The summed E-state index contributed by atoms with van der Waals surface area (Å²) in [5.41, 5.74) is 2.61. The lowest BCUT2D eigenvalue weighted by atomic mass is 9.98. The largest absolute Gasteiger partial charge is 0.492 e. The molecule has 0 fully saturated rings. The highest BCUT2D eigenvalue weighted by Crippen LogP contribution is 2.23. The van der Waals surface area contributed by atoms with Crippen molar-refractivity contribution in [3.05, 3.63) is 29.3 Å². The molecule has 0 spiro atoms. The molecule has 0 saturated carbocycles. The van der Waals surface area contributed by atoms with E-state index in [0.29, 0.717) is 12.5 Å². The van der Waals surface area contributed by atoms with Crippen molar-refractivity contribution in [2.24, 2.45) is 0 Å². The quantitative estimate of drug-likeness (QED) is 0.782. The molecule has 0 aliphatic carbocycles. The van der Waals surface area contributed by atoms with Gasteiger partial charge in [0.2, 0.25) is 0 Å². The van der Waals surface area contributed by atoms with Crippen LogP contribution in [0.5, 0.6) is 5.75 Å². The minimum atomic E-state index is 0.0000754. The van der Waals surface area contributed by atoms with E-state index in [0.717, 1.165) is 12.3 Å². The Morgan fingerprint density at radius 2 is 2.06 bits per heavy atom. The minimum absolute atomic E-state index is 0.0000754. The van der Waals surface area contributed by atoms with Crippen molar-refractivity contribution in [2.75, 3.05) is 19.8 Å². The molecule has 0 aliphatic heterocycles. The predicted molar refractivity (Wildman–Crippen MR) is 75.3 cm³/mol. The van der Waals surface area contributed by atoms with Crippen LogP contribution in [0.3, 0.4) is 0 Å². The fourth-order valence-electron chi connectivity index (χ4n) is 2.05. The summed E-state index contributed by atoms with van der Waals surface area (Å²) in [7, 11) is 0. The maximum atomic E-state index is 9.16. The highest BCUT2D eigenvalue weighted by Gasteiger charge is 2.08. The van der Waals surface area contributed by atoms with Gasteiger partial charge in [-0.15, -0.1) is 0 Å². The number of likely N-dealkylation sites (N-methyl/N-ethyl adjacent to an activating group) is 1. The molecular formula is C15H25NO2. The Kier molecular flexibility index (Phi) is 6.16. The van der Waals surface area contributed by atoms with Gasteiger partial charge in [-0.2, -0.15) is 0 Å². The Balaban J connectivity index is 2.60. The molecule has 1 rings (SSSR count). The summed E-state index contributed by atoms with van der Waals surface area (Å²) in [4.78, 5) is 0. The summed E-state index contributed by atoms with van der Waals surface area (Å²) in [5.74, 6) is 1.40. The minimum Gasteiger partial charge on any atom is -0.492 e. The van der Waals surface area contributed by atoms with Crippen LogP contribution in [0.4, 0.5) is 0 Å². The first-order valence-corrected chi connectivity index (χ1v) is 6.66. The topological polar surface area (TPSA) is 41.5 Å². The van der Waals surface area contributed by atoms with E-state index in [-0.39, 0.29) is 12.6 Å². The van der Waals surface area contributed by atoms with Crippen LogP contribution in [0, 0.1) is 6.92 Å². The monoisotopic (exact) mass is 251 g/mol. The van der Waals surface area contributed by atoms with Gasteiger partial charge in [-0.05, 0) is 42.6 Å². The first kappa shape index (κ1) is 15.0. The predicted octanol–water partition coefficient (Wildman–Crippen LogP) is 2.47. The van der Waals surface area contributed by atoms with E-state index >= 15 is 0 Å². The van der Waals surface area contributed by atoms with Gasteiger partial charge in [0.25, 0.3) is 0 Å². The molecular weight excluding hydrogens is 226 g/mol. The Morgan fingerprint density at radius 1 is 1.33 bits per heavy atom. The second kappa shape index (κ2) is 7.39. The van der Waals surface area contributed by atoms with Crippen LogP contribution in [-0.4, -0.2) is 30.9 Å². The highest BCUT2D eigenvalue weighted by atomic mass is 16.5. The molecule has 1 atom stereocenters. The number of benzene rings is 1. The lowest BCUT2D eigenvalue weighted by molar-refractivity contribution is 0.184. The number of hydrogen-bond donors (Lipinski definition) is 2. The first-order valence-electron chi connectivity index (χ1n) is 6.66. The Morgan fingerprint density at radius 3 is 2.56 bits per heavy atom. The lowest BCUT2D eigenvalue weighted by Gasteiger charge is -2.17. The molecule has 0 amide bonds. The van der Waals surface area contributed by atoms with Crippen molar-refractivity contribution >= 4 is 0 Å². The molecule has 0 radical (unpaired) electrons. The van der Waals surface area contributed by atoms with Gasteiger partial charge in [0.05, 0.1) is 12.6 Å². The van der Waals surface area contributed by atoms with Gasteiger partial charge >= 0.3 is 0 Å². The maximum absolute atomic E-state index is 9.16. The Bertz CT molecular complexity index is 364. The molecule has 0 bridgehead atoms. The number of ether oxygens (including phenoxy) is 1. The van der Waals surface area contributed by atoms with Crippen LogP contribution in [0.15, 0.2) is 18.2 Å². The SMILES string of the molecule is CCNC(CO)COc1ccc(C(C)C)c(C)c1. The summed E-state index contributed by atoms with van der Waals surface area (Å²) in [6.45, 7) is 9.92. The van der Waals surface area contributed by atoms with E-state index in [1.807, 2.05) is 13.0 Å². The van der Waals surface area contributed by atoms with Crippen LogP contribution in [0.2, 0.25) is 0 Å². The van der Waals surface area contributed by atoms with Crippen molar-refractivity contribution in [3.8, 4) is 5.75 Å². The number of aryl methyl sites for hydroxylation is 1. The summed E-state index contributed by atoms with van der Waals surface area (Å²) < 4.78 is 5.70. The fourth-order valence-corrected chi connectivity index (χ4v) is 2.05. The summed E-state index contributed by atoms with van der Waals surface area (Å²) in [5, 5.41) is 12.3. The third kappa shape index (κ3) is 4.31. The standard InChI is InChI=1S/C15H25NO2/c1-5-16-13(9-17)10-18-14-6-7-15(11(2)3)12(4)8-14/h6-8,11,13,16-17H,5,9-10H2,1-4H3. The average molecular weight is 251 g/mol. The average Bonchev–Trinajstić information content (AvgIpc) is 2.34. The molecule has 1 aromatic carbocycles. The van der Waals surface area contributed by atoms with Gasteiger partial charge < -0.3 is 15.2 Å². The van der Waals surface area contributed by atoms with E-state index in [4.69, 9.17) is 9.84 Å². The van der Waals surface area contributed by atoms with Gasteiger partial charge in [0.15, 0.2) is 0 Å². The Hall–Kier alpha value is -1.06. The molecule has 1 unspecified atom stereocenters. The zero-order valence-corrected chi connectivity index (χ0v) is 11.9.